The van der Waals surface area contributed by atoms with Crippen LogP contribution in [-0.2, 0) is 13.0 Å². The van der Waals surface area contributed by atoms with Crippen LogP contribution in [0.1, 0.15) is 30.1 Å². The Hall–Kier alpha value is -0.940. The summed E-state index contributed by atoms with van der Waals surface area (Å²) in [4.78, 5) is 2.17. The van der Waals surface area contributed by atoms with Gasteiger partial charge in [0.05, 0.1) is 17.9 Å². The Morgan fingerprint density at radius 2 is 2.19 bits per heavy atom. The molecule has 0 radical (unpaired) electrons. The van der Waals surface area contributed by atoms with E-state index in [2.05, 4.69) is 34.0 Å². The van der Waals surface area contributed by atoms with Crippen LogP contribution in [-0.4, -0.2) is 47.1 Å². The number of nitrogens with zero attached hydrogens (tertiary/aromatic N) is 4. The predicted molar refractivity (Wildman–Crippen MR) is 63.3 cm³/mol. The Balaban J connectivity index is 2.10. The third-order valence-electron chi connectivity index (χ3n) is 2.95. The van der Waals surface area contributed by atoms with Crippen molar-refractivity contribution in [2.45, 2.75) is 31.7 Å². The molecule has 1 saturated carbocycles. The van der Waals surface area contributed by atoms with Crippen LogP contribution in [0.15, 0.2) is 0 Å². The molecule has 1 aromatic rings. The molecule has 1 aromatic heterocycles. The highest BCUT2D eigenvalue weighted by Gasteiger charge is 2.30. The van der Waals surface area contributed by atoms with Crippen LogP contribution in [0, 0.1) is 0 Å². The Morgan fingerprint density at radius 3 is 2.75 bits per heavy atom. The lowest BCUT2D eigenvalue weighted by Gasteiger charge is -2.11. The summed E-state index contributed by atoms with van der Waals surface area (Å²) in [6.07, 6.45) is 3.42. The van der Waals surface area contributed by atoms with E-state index in [-0.39, 0.29) is 0 Å². The molecule has 1 aliphatic carbocycles. The summed E-state index contributed by atoms with van der Waals surface area (Å²) in [5.74, 6) is 0.693. The smallest absolute Gasteiger partial charge is 0.0874 e. The van der Waals surface area contributed by atoms with Crippen LogP contribution in [0.25, 0.3) is 0 Å². The van der Waals surface area contributed by atoms with Crippen LogP contribution in [0.3, 0.4) is 0 Å². The maximum atomic E-state index is 5.60. The molecule has 5 heteroatoms. The molecule has 90 valence electrons. The molecule has 2 rings (SSSR count). The molecule has 0 amide bonds. The van der Waals surface area contributed by atoms with Crippen LogP contribution < -0.4 is 5.73 Å². The normalized spacial score (nSPS) is 16.0. The summed E-state index contributed by atoms with van der Waals surface area (Å²) in [5.41, 5.74) is 8.05. The highest BCUT2D eigenvalue weighted by molar-refractivity contribution is 5.20. The monoisotopic (exact) mass is 223 g/mol. The van der Waals surface area contributed by atoms with Crippen LogP contribution >= 0.6 is 0 Å². The van der Waals surface area contributed by atoms with Gasteiger partial charge in [-0.05, 0) is 33.5 Å². The number of likely N-dealkylation sites (N-methyl/N-ethyl adjacent to an activating group) is 1. The zero-order valence-corrected chi connectivity index (χ0v) is 10.2. The minimum atomic E-state index is 0.659. The Labute approximate surface area is 96.6 Å². The average Bonchev–Trinajstić information content (AvgIpc) is 2.99. The number of aromatic nitrogens is 3. The summed E-state index contributed by atoms with van der Waals surface area (Å²) in [5, 5.41) is 8.51. The Morgan fingerprint density at radius 1 is 1.44 bits per heavy atom. The third-order valence-corrected chi connectivity index (χ3v) is 2.95. The average molecular weight is 223 g/mol. The molecule has 0 aliphatic heterocycles. The van der Waals surface area contributed by atoms with E-state index in [1.807, 2.05) is 0 Å². The Bertz CT molecular complexity index is 340. The van der Waals surface area contributed by atoms with Gasteiger partial charge in [-0.1, -0.05) is 5.21 Å². The third kappa shape index (κ3) is 2.59. The fourth-order valence-electron chi connectivity index (χ4n) is 1.93. The second-order valence-electron chi connectivity index (χ2n) is 4.76. The van der Waals surface area contributed by atoms with Gasteiger partial charge in [-0.3, -0.25) is 0 Å². The molecule has 0 spiro atoms. The molecule has 0 saturated heterocycles. The molecule has 2 N–H and O–H groups in total. The minimum absolute atomic E-state index is 0.659. The topological polar surface area (TPSA) is 60.0 Å². The maximum absolute atomic E-state index is 5.60. The van der Waals surface area contributed by atoms with Crippen LogP contribution in [0.5, 0.6) is 0 Å². The van der Waals surface area contributed by atoms with Crippen LogP contribution in [0.2, 0.25) is 0 Å². The van der Waals surface area contributed by atoms with Gasteiger partial charge in [0.1, 0.15) is 0 Å². The van der Waals surface area contributed by atoms with Gasteiger partial charge in [-0.2, -0.15) is 0 Å². The van der Waals surface area contributed by atoms with Crippen molar-refractivity contribution in [1.29, 1.82) is 0 Å². The van der Waals surface area contributed by atoms with Crippen molar-refractivity contribution in [2.75, 3.05) is 27.2 Å². The molecule has 0 bridgehead atoms. The van der Waals surface area contributed by atoms with Crippen molar-refractivity contribution in [2.24, 2.45) is 5.73 Å². The van der Waals surface area contributed by atoms with Gasteiger partial charge < -0.3 is 10.6 Å². The van der Waals surface area contributed by atoms with E-state index in [1.165, 1.54) is 18.5 Å². The van der Waals surface area contributed by atoms with E-state index < -0.39 is 0 Å². The maximum Gasteiger partial charge on any atom is 0.0874 e. The van der Waals surface area contributed by atoms with Gasteiger partial charge in [0.15, 0.2) is 0 Å². The van der Waals surface area contributed by atoms with Gasteiger partial charge in [-0.15, -0.1) is 5.10 Å². The van der Waals surface area contributed by atoms with Crippen molar-refractivity contribution in [1.82, 2.24) is 19.9 Å². The second-order valence-corrected chi connectivity index (χ2v) is 4.76. The molecule has 16 heavy (non-hydrogen) atoms. The highest BCUT2D eigenvalue weighted by atomic mass is 15.4. The van der Waals surface area contributed by atoms with Crippen molar-refractivity contribution < 1.29 is 0 Å². The number of nitrogens with two attached hydrogens (primary N) is 1. The van der Waals surface area contributed by atoms with E-state index in [0.29, 0.717) is 12.5 Å². The van der Waals surface area contributed by atoms with E-state index in [1.54, 1.807) is 0 Å². The highest BCUT2D eigenvalue weighted by Crippen LogP contribution is 2.41. The number of hydrogen-bond donors (Lipinski definition) is 1. The van der Waals surface area contributed by atoms with E-state index in [9.17, 15) is 0 Å². The SMILES string of the molecule is CN(C)CCn1nnc(CCN)c1C1CC1. The first-order valence-electron chi connectivity index (χ1n) is 5.99. The summed E-state index contributed by atoms with van der Waals surface area (Å²) >= 11 is 0. The van der Waals surface area contributed by atoms with Gasteiger partial charge in [0, 0.05) is 18.9 Å². The van der Waals surface area contributed by atoms with Gasteiger partial charge in [-0.25, -0.2) is 4.68 Å². The first-order valence-corrected chi connectivity index (χ1v) is 5.99. The van der Waals surface area contributed by atoms with Crippen molar-refractivity contribution in [3.63, 3.8) is 0 Å². The lowest BCUT2D eigenvalue weighted by atomic mass is 10.2. The van der Waals surface area contributed by atoms with Crippen LogP contribution in [0.4, 0.5) is 0 Å². The zero-order valence-electron chi connectivity index (χ0n) is 10.2. The van der Waals surface area contributed by atoms with E-state index in [0.717, 1.165) is 25.2 Å². The van der Waals surface area contributed by atoms with Gasteiger partial charge >= 0.3 is 0 Å². The first-order chi connectivity index (χ1) is 7.72. The van der Waals surface area contributed by atoms with Crippen molar-refractivity contribution in [3.8, 4) is 0 Å². The lowest BCUT2D eigenvalue weighted by Crippen LogP contribution is -2.20. The lowest BCUT2D eigenvalue weighted by molar-refractivity contribution is 0.366. The molecule has 0 aromatic carbocycles. The second kappa shape index (κ2) is 4.93. The summed E-state index contributed by atoms with van der Waals surface area (Å²) in [6.45, 7) is 2.59. The molecular formula is C11H21N5. The van der Waals surface area contributed by atoms with E-state index in [4.69, 9.17) is 5.73 Å². The quantitative estimate of drug-likeness (QED) is 0.749. The standard InChI is InChI=1S/C11H21N5/c1-15(2)7-8-16-11(9-3-4-9)10(5-6-12)13-14-16/h9H,3-8,12H2,1-2H3. The molecule has 1 fully saturated rings. The zero-order chi connectivity index (χ0) is 11.5. The fraction of sp³-hybridized carbons (Fsp3) is 0.818. The van der Waals surface area contributed by atoms with E-state index >= 15 is 0 Å². The summed E-state index contributed by atoms with van der Waals surface area (Å²) < 4.78 is 2.07. The minimum Gasteiger partial charge on any atom is -0.330 e. The predicted octanol–water partition coefficient (Wildman–Crippen LogP) is 0.218. The molecule has 1 heterocycles. The van der Waals surface area contributed by atoms with Gasteiger partial charge in [0.2, 0.25) is 0 Å². The van der Waals surface area contributed by atoms with Crippen molar-refractivity contribution >= 4 is 0 Å². The summed E-state index contributed by atoms with van der Waals surface area (Å²) in [7, 11) is 4.16. The molecule has 5 nitrogen and oxygen atoms in total. The number of hydrogen-bond acceptors (Lipinski definition) is 4. The largest absolute Gasteiger partial charge is 0.330 e. The Kier molecular flexibility index (Phi) is 3.56. The molecule has 0 unspecified atom stereocenters. The van der Waals surface area contributed by atoms with Gasteiger partial charge in [0.25, 0.3) is 0 Å². The molecular weight excluding hydrogens is 202 g/mol. The summed E-state index contributed by atoms with van der Waals surface area (Å²) in [6, 6.07) is 0. The first kappa shape index (κ1) is 11.5. The molecule has 0 atom stereocenters. The molecule has 1 aliphatic rings. The van der Waals surface area contributed by atoms with Crippen molar-refractivity contribution in [3.05, 3.63) is 11.4 Å². The fourth-order valence-corrected chi connectivity index (χ4v) is 1.93. The number of rotatable bonds is 6.